The maximum Gasteiger partial charge on any atom is 0.328 e. The van der Waals surface area contributed by atoms with Crippen LogP contribution in [0.1, 0.15) is 22.3 Å². The number of nitrogens with one attached hydrogen (secondary N) is 1. The summed E-state index contributed by atoms with van der Waals surface area (Å²) in [6.45, 7) is 2.34. The molecule has 0 radical (unpaired) electrons. The number of rotatable bonds is 2. The third-order valence-corrected chi connectivity index (χ3v) is 2.55. The molecule has 1 saturated heterocycles. The SMILES string of the molecule is Cc1ccc(C(=O)N[C@H]2CCOC2=O)cc1. The highest BCUT2D eigenvalue weighted by molar-refractivity contribution is 5.97. The minimum atomic E-state index is -0.492. The molecule has 1 amide bonds. The zero-order chi connectivity index (χ0) is 11.5. The van der Waals surface area contributed by atoms with Gasteiger partial charge in [-0.1, -0.05) is 17.7 Å². The van der Waals surface area contributed by atoms with Crippen molar-refractivity contribution in [3.8, 4) is 0 Å². The molecule has 1 heterocycles. The molecule has 0 saturated carbocycles. The summed E-state index contributed by atoms with van der Waals surface area (Å²) < 4.78 is 4.77. The summed E-state index contributed by atoms with van der Waals surface area (Å²) in [7, 11) is 0. The van der Waals surface area contributed by atoms with Gasteiger partial charge in [0.15, 0.2) is 0 Å². The minimum absolute atomic E-state index is 0.233. The van der Waals surface area contributed by atoms with Gasteiger partial charge in [0.1, 0.15) is 6.04 Å². The predicted octanol–water partition coefficient (Wildman–Crippen LogP) is 1.04. The quantitative estimate of drug-likeness (QED) is 0.756. The maximum absolute atomic E-state index is 11.7. The van der Waals surface area contributed by atoms with E-state index in [0.717, 1.165) is 5.56 Å². The van der Waals surface area contributed by atoms with Crippen molar-refractivity contribution in [1.82, 2.24) is 5.32 Å². The Morgan fingerprint density at radius 1 is 1.38 bits per heavy atom. The summed E-state index contributed by atoms with van der Waals surface area (Å²) in [5.41, 5.74) is 1.65. The maximum atomic E-state index is 11.7. The summed E-state index contributed by atoms with van der Waals surface area (Å²) >= 11 is 0. The van der Waals surface area contributed by atoms with Crippen LogP contribution in [0.25, 0.3) is 0 Å². The lowest BCUT2D eigenvalue weighted by atomic mass is 10.1. The number of amides is 1. The van der Waals surface area contributed by atoms with Crippen molar-refractivity contribution in [2.24, 2.45) is 0 Å². The highest BCUT2D eigenvalue weighted by Crippen LogP contribution is 2.08. The number of carbonyl (C=O) groups excluding carboxylic acids is 2. The lowest BCUT2D eigenvalue weighted by Gasteiger charge is -2.08. The number of hydrogen-bond acceptors (Lipinski definition) is 3. The zero-order valence-electron chi connectivity index (χ0n) is 9.03. The van der Waals surface area contributed by atoms with E-state index in [1.54, 1.807) is 12.1 Å². The Hall–Kier alpha value is -1.84. The molecule has 1 aliphatic rings. The van der Waals surface area contributed by atoms with Gasteiger partial charge in [0.25, 0.3) is 5.91 Å². The monoisotopic (exact) mass is 219 g/mol. The molecule has 0 unspecified atom stereocenters. The Balaban J connectivity index is 2.02. The van der Waals surface area contributed by atoms with Crippen molar-refractivity contribution in [2.45, 2.75) is 19.4 Å². The minimum Gasteiger partial charge on any atom is -0.464 e. The average Bonchev–Trinajstić information content (AvgIpc) is 2.65. The number of esters is 1. The van der Waals surface area contributed by atoms with Crippen LogP contribution in [-0.4, -0.2) is 24.5 Å². The molecular weight excluding hydrogens is 206 g/mol. The first-order valence-electron chi connectivity index (χ1n) is 5.21. The lowest BCUT2D eigenvalue weighted by Crippen LogP contribution is -2.37. The standard InChI is InChI=1S/C12H13NO3/c1-8-2-4-9(5-3-8)11(14)13-10-6-7-16-12(10)15/h2-5,10H,6-7H2,1H3,(H,13,14)/t10-/m0/s1. The molecule has 0 aliphatic carbocycles. The molecule has 1 fully saturated rings. The number of benzene rings is 1. The van der Waals surface area contributed by atoms with E-state index in [4.69, 9.17) is 4.74 Å². The Morgan fingerprint density at radius 3 is 2.62 bits per heavy atom. The van der Waals surface area contributed by atoms with Crippen LogP contribution < -0.4 is 5.32 Å². The normalized spacial score (nSPS) is 19.3. The molecule has 84 valence electrons. The van der Waals surface area contributed by atoms with Crippen LogP contribution in [-0.2, 0) is 9.53 Å². The van der Waals surface area contributed by atoms with Crippen LogP contribution in [0.3, 0.4) is 0 Å². The topological polar surface area (TPSA) is 55.4 Å². The molecule has 4 heteroatoms. The third-order valence-electron chi connectivity index (χ3n) is 2.55. The van der Waals surface area contributed by atoms with Gasteiger partial charge in [-0.3, -0.25) is 4.79 Å². The van der Waals surface area contributed by atoms with Crippen molar-refractivity contribution in [3.63, 3.8) is 0 Å². The fourth-order valence-corrected chi connectivity index (χ4v) is 1.57. The third kappa shape index (κ3) is 2.21. The molecule has 0 bridgehead atoms. The van der Waals surface area contributed by atoms with Crippen molar-refractivity contribution in [2.75, 3.05) is 6.61 Å². The van der Waals surface area contributed by atoms with E-state index >= 15 is 0 Å². The molecular formula is C12H13NO3. The van der Waals surface area contributed by atoms with E-state index in [1.165, 1.54) is 0 Å². The summed E-state index contributed by atoms with van der Waals surface area (Å²) in [6, 6.07) is 6.72. The van der Waals surface area contributed by atoms with E-state index in [9.17, 15) is 9.59 Å². The van der Waals surface area contributed by atoms with Gasteiger partial charge < -0.3 is 10.1 Å². The zero-order valence-corrected chi connectivity index (χ0v) is 9.03. The van der Waals surface area contributed by atoms with Crippen molar-refractivity contribution >= 4 is 11.9 Å². The smallest absolute Gasteiger partial charge is 0.328 e. The predicted molar refractivity (Wildman–Crippen MR) is 58.0 cm³/mol. The number of hydrogen-bond donors (Lipinski definition) is 1. The number of cyclic esters (lactones) is 1. The van der Waals surface area contributed by atoms with Crippen LogP contribution >= 0.6 is 0 Å². The number of carbonyl (C=O) groups is 2. The van der Waals surface area contributed by atoms with E-state index in [-0.39, 0.29) is 11.9 Å². The summed E-state index contributed by atoms with van der Waals surface area (Å²) in [4.78, 5) is 22.9. The summed E-state index contributed by atoms with van der Waals surface area (Å²) in [5, 5.41) is 2.65. The first-order valence-corrected chi connectivity index (χ1v) is 5.21. The fourth-order valence-electron chi connectivity index (χ4n) is 1.57. The lowest BCUT2D eigenvalue weighted by molar-refractivity contribution is -0.139. The van der Waals surface area contributed by atoms with Crippen molar-refractivity contribution in [1.29, 1.82) is 0 Å². The molecule has 1 aliphatic heterocycles. The molecule has 1 aromatic rings. The van der Waals surface area contributed by atoms with Crippen molar-refractivity contribution in [3.05, 3.63) is 35.4 Å². The molecule has 0 spiro atoms. The summed E-state index contributed by atoms with van der Waals surface area (Å²) in [6.07, 6.45) is 0.552. The van der Waals surface area contributed by atoms with Crippen LogP contribution in [0.4, 0.5) is 0 Å². The summed E-state index contributed by atoms with van der Waals surface area (Å²) in [5.74, 6) is -0.579. The van der Waals surface area contributed by atoms with E-state index in [2.05, 4.69) is 5.32 Å². The van der Waals surface area contributed by atoms with E-state index in [1.807, 2.05) is 19.1 Å². The molecule has 16 heavy (non-hydrogen) atoms. The largest absolute Gasteiger partial charge is 0.464 e. The molecule has 4 nitrogen and oxygen atoms in total. The highest BCUT2D eigenvalue weighted by Gasteiger charge is 2.28. The fraction of sp³-hybridized carbons (Fsp3) is 0.333. The highest BCUT2D eigenvalue weighted by atomic mass is 16.5. The second-order valence-electron chi connectivity index (χ2n) is 3.85. The molecule has 0 aromatic heterocycles. The number of ether oxygens (including phenoxy) is 1. The second kappa shape index (κ2) is 4.35. The first kappa shape index (κ1) is 10.7. The van der Waals surface area contributed by atoms with E-state index in [0.29, 0.717) is 18.6 Å². The van der Waals surface area contributed by atoms with Crippen LogP contribution in [0.2, 0.25) is 0 Å². The van der Waals surface area contributed by atoms with Crippen LogP contribution in [0.15, 0.2) is 24.3 Å². The number of aryl methyl sites for hydroxylation is 1. The van der Waals surface area contributed by atoms with E-state index < -0.39 is 6.04 Å². The van der Waals surface area contributed by atoms with Crippen LogP contribution in [0.5, 0.6) is 0 Å². The Labute approximate surface area is 93.6 Å². The molecule has 1 N–H and O–H groups in total. The van der Waals surface area contributed by atoms with Gasteiger partial charge in [0.05, 0.1) is 6.61 Å². The molecule has 2 rings (SSSR count). The van der Waals surface area contributed by atoms with Gasteiger partial charge in [-0.25, -0.2) is 4.79 Å². The Kier molecular flexibility index (Phi) is 2.90. The van der Waals surface area contributed by atoms with Crippen molar-refractivity contribution < 1.29 is 14.3 Å². The first-order chi connectivity index (χ1) is 7.66. The Morgan fingerprint density at radius 2 is 2.06 bits per heavy atom. The molecule has 1 aromatic carbocycles. The van der Waals surface area contributed by atoms with Gasteiger partial charge in [0.2, 0.25) is 0 Å². The van der Waals surface area contributed by atoms with Gasteiger partial charge in [-0.2, -0.15) is 0 Å². The van der Waals surface area contributed by atoms with Gasteiger partial charge in [0, 0.05) is 12.0 Å². The average molecular weight is 219 g/mol. The van der Waals surface area contributed by atoms with Gasteiger partial charge >= 0.3 is 5.97 Å². The second-order valence-corrected chi connectivity index (χ2v) is 3.85. The van der Waals surface area contributed by atoms with Crippen LogP contribution in [0, 0.1) is 6.92 Å². The Bertz CT molecular complexity index is 411. The van der Waals surface area contributed by atoms with Gasteiger partial charge in [-0.15, -0.1) is 0 Å². The molecule has 1 atom stereocenters. The van der Waals surface area contributed by atoms with Gasteiger partial charge in [-0.05, 0) is 19.1 Å².